The molecule has 5 rings (SSSR count). The second-order valence-electron chi connectivity index (χ2n) is 8.51. The van der Waals surface area contributed by atoms with Gasteiger partial charge in [0.15, 0.2) is 11.0 Å². The highest BCUT2D eigenvalue weighted by atomic mass is 32.2. The van der Waals surface area contributed by atoms with Crippen molar-refractivity contribution in [1.29, 1.82) is 0 Å². The summed E-state index contributed by atoms with van der Waals surface area (Å²) in [5, 5.41) is 12.4. The van der Waals surface area contributed by atoms with Crippen molar-refractivity contribution in [2.45, 2.75) is 30.6 Å². The molecule has 2 saturated heterocycles. The maximum Gasteiger partial charge on any atom is 0.234 e. The highest BCUT2D eigenvalue weighted by molar-refractivity contribution is 7.99. The van der Waals surface area contributed by atoms with Crippen molar-refractivity contribution in [1.82, 2.24) is 14.8 Å². The quantitative estimate of drug-likeness (QED) is 0.474. The molecule has 0 unspecified atom stereocenters. The molecule has 2 aromatic carbocycles. The van der Waals surface area contributed by atoms with E-state index in [4.69, 9.17) is 9.47 Å². The van der Waals surface area contributed by atoms with E-state index in [-0.39, 0.29) is 23.6 Å². The van der Waals surface area contributed by atoms with Crippen LogP contribution in [0.1, 0.15) is 12.8 Å². The topological polar surface area (TPSA) is 81.5 Å². The average molecular weight is 498 g/mol. The summed E-state index contributed by atoms with van der Waals surface area (Å²) >= 11 is 1.33. The highest BCUT2D eigenvalue weighted by Crippen LogP contribution is 2.29. The number of carbonyl (C=O) groups is 1. The van der Waals surface area contributed by atoms with Crippen molar-refractivity contribution < 1.29 is 18.7 Å². The van der Waals surface area contributed by atoms with Gasteiger partial charge in [0.1, 0.15) is 5.82 Å². The summed E-state index contributed by atoms with van der Waals surface area (Å²) in [7, 11) is 0. The molecule has 35 heavy (non-hydrogen) atoms. The zero-order chi connectivity index (χ0) is 24.0. The minimum absolute atomic E-state index is 0.0683. The number of amides is 1. The van der Waals surface area contributed by atoms with Crippen molar-refractivity contribution in [3.63, 3.8) is 0 Å². The molecule has 0 radical (unpaired) electrons. The lowest BCUT2D eigenvalue weighted by atomic mass is 10.2. The Morgan fingerprint density at radius 1 is 1.09 bits per heavy atom. The minimum Gasteiger partial charge on any atom is -0.378 e. The number of hydrogen-bond acceptors (Lipinski definition) is 7. The molecule has 2 aliphatic heterocycles. The first kappa shape index (κ1) is 23.8. The fourth-order valence-electron chi connectivity index (χ4n) is 4.34. The number of benzene rings is 2. The Hall–Kier alpha value is -2.95. The van der Waals surface area contributed by atoms with Gasteiger partial charge in [-0.1, -0.05) is 23.9 Å². The van der Waals surface area contributed by atoms with Gasteiger partial charge in [-0.2, -0.15) is 0 Å². The van der Waals surface area contributed by atoms with Crippen LogP contribution in [0.2, 0.25) is 0 Å². The van der Waals surface area contributed by atoms with Crippen LogP contribution in [0.4, 0.5) is 15.8 Å². The molecular formula is C25H28FN5O3S. The largest absolute Gasteiger partial charge is 0.378 e. The van der Waals surface area contributed by atoms with Crippen molar-refractivity contribution >= 4 is 29.0 Å². The Kier molecular flexibility index (Phi) is 7.60. The third kappa shape index (κ3) is 5.83. The molecule has 1 N–H and O–H groups in total. The third-order valence-corrected chi connectivity index (χ3v) is 7.06. The molecule has 0 bridgehead atoms. The van der Waals surface area contributed by atoms with Crippen molar-refractivity contribution in [3.8, 4) is 11.4 Å². The highest BCUT2D eigenvalue weighted by Gasteiger charge is 2.23. The molecule has 2 aliphatic rings. The Morgan fingerprint density at radius 2 is 1.89 bits per heavy atom. The number of aromatic nitrogens is 3. The molecule has 1 aromatic heterocycles. The molecule has 1 amide bonds. The standard InChI is InChI=1S/C25H28FN5O3S/c26-19-9-7-18(8-10-19)24-28-29-25(31(24)16-20-4-3-13-34-20)35-17-23(32)27-21-5-1-2-6-22(21)30-11-14-33-15-12-30/h1-2,5-10,20H,3-4,11-17H2,(H,27,32)/t20-/m0/s1. The predicted octanol–water partition coefficient (Wildman–Crippen LogP) is 3.83. The summed E-state index contributed by atoms with van der Waals surface area (Å²) in [5.74, 6) is 0.402. The molecule has 3 heterocycles. The van der Waals surface area contributed by atoms with Gasteiger partial charge in [-0.05, 0) is 49.2 Å². The average Bonchev–Trinajstić information content (AvgIpc) is 3.55. The predicted molar refractivity (Wildman–Crippen MR) is 133 cm³/mol. The van der Waals surface area contributed by atoms with Gasteiger partial charge in [0, 0.05) is 25.3 Å². The van der Waals surface area contributed by atoms with Gasteiger partial charge in [0.25, 0.3) is 0 Å². The lowest BCUT2D eigenvalue weighted by Gasteiger charge is -2.30. The number of rotatable bonds is 8. The first-order chi connectivity index (χ1) is 17.2. The summed E-state index contributed by atoms with van der Waals surface area (Å²) in [5.41, 5.74) is 2.55. The number of anilines is 2. The van der Waals surface area contributed by atoms with Crippen LogP contribution < -0.4 is 10.2 Å². The van der Waals surface area contributed by atoms with Crippen LogP contribution in [0.3, 0.4) is 0 Å². The zero-order valence-corrected chi connectivity index (χ0v) is 20.2. The first-order valence-electron chi connectivity index (χ1n) is 11.8. The monoisotopic (exact) mass is 497 g/mol. The van der Waals surface area contributed by atoms with Crippen LogP contribution in [-0.4, -0.2) is 65.4 Å². The third-order valence-electron chi connectivity index (χ3n) is 6.09. The van der Waals surface area contributed by atoms with Crippen LogP contribution in [0.15, 0.2) is 53.7 Å². The van der Waals surface area contributed by atoms with Crippen LogP contribution in [0.25, 0.3) is 11.4 Å². The van der Waals surface area contributed by atoms with Crippen molar-refractivity contribution in [2.75, 3.05) is 48.9 Å². The van der Waals surface area contributed by atoms with Gasteiger partial charge < -0.3 is 19.7 Å². The second-order valence-corrected chi connectivity index (χ2v) is 9.45. The molecule has 0 aliphatic carbocycles. The van der Waals surface area contributed by atoms with Crippen LogP contribution >= 0.6 is 11.8 Å². The van der Waals surface area contributed by atoms with Gasteiger partial charge in [-0.3, -0.25) is 9.36 Å². The maximum absolute atomic E-state index is 13.5. The normalized spacial score (nSPS) is 18.1. The lowest BCUT2D eigenvalue weighted by molar-refractivity contribution is -0.113. The zero-order valence-electron chi connectivity index (χ0n) is 19.4. The lowest BCUT2D eigenvalue weighted by Crippen LogP contribution is -2.36. The number of halogens is 1. The van der Waals surface area contributed by atoms with Crippen LogP contribution in [-0.2, 0) is 20.8 Å². The number of hydrogen-bond donors (Lipinski definition) is 1. The molecule has 0 spiro atoms. The number of thioether (sulfide) groups is 1. The van der Waals surface area contributed by atoms with E-state index >= 15 is 0 Å². The fraction of sp³-hybridized carbons (Fsp3) is 0.400. The number of morpholine rings is 1. The molecule has 2 fully saturated rings. The second kappa shape index (κ2) is 11.2. The maximum atomic E-state index is 13.5. The summed E-state index contributed by atoms with van der Waals surface area (Å²) in [6.07, 6.45) is 2.05. The van der Waals surface area contributed by atoms with E-state index in [0.717, 1.165) is 49.5 Å². The van der Waals surface area contributed by atoms with E-state index < -0.39 is 0 Å². The Morgan fingerprint density at radius 3 is 2.66 bits per heavy atom. The SMILES string of the molecule is O=C(CSc1nnc(-c2ccc(F)cc2)n1C[C@@H]1CCCO1)Nc1ccccc1N1CCOCC1. The molecule has 3 aromatic rings. The number of nitrogens with one attached hydrogen (secondary N) is 1. The Labute approximate surface area is 207 Å². The molecule has 0 saturated carbocycles. The van der Waals surface area contributed by atoms with Gasteiger partial charge in [-0.15, -0.1) is 10.2 Å². The van der Waals surface area contributed by atoms with Gasteiger partial charge in [0.2, 0.25) is 5.91 Å². The Bertz CT molecular complexity index is 1140. The molecular weight excluding hydrogens is 469 g/mol. The number of nitrogens with zero attached hydrogens (tertiary/aromatic N) is 4. The van der Waals surface area contributed by atoms with Gasteiger partial charge in [-0.25, -0.2) is 4.39 Å². The van der Waals surface area contributed by atoms with E-state index in [1.165, 1.54) is 23.9 Å². The number of carbonyl (C=O) groups excluding carboxylic acids is 1. The molecule has 8 nitrogen and oxygen atoms in total. The first-order valence-corrected chi connectivity index (χ1v) is 12.8. The van der Waals surface area contributed by atoms with E-state index in [1.54, 1.807) is 12.1 Å². The van der Waals surface area contributed by atoms with Gasteiger partial charge in [0.05, 0.1) is 43.0 Å². The van der Waals surface area contributed by atoms with E-state index in [1.807, 2.05) is 28.8 Å². The fourth-order valence-corrected chi connectivity index (χ4v) is 5.09. The summed E-state index contributed by atoms with van der Waals surface area (Å²) in [6, 6.07) is 14.0. The van der Waals surface area contributed by atoms with E-state index in [9.17, 15) is 9.18 Å². The van der Waals surface area contributed by atoms with Gasteiger partial charge >= 0.3 is 0 Å². The van der Waals surface area contributed by atoms with E-state index in [2.05, 4.69) is 20.4 Å². The van der Waals surface area contributed by atoms with Crippen LogP contribution in [0, 0.1) is 5.82 Å². The minimum atomic E-state index is -0.303. The molecule has 184 valence electrons. The van der Waals surface area contributed by atoms with E-state index in [0.29, 0.717) is 30.7 Å². The summed E-state index contributed by atoms with van der Waals surface area (Å²) in [4.78, 5) is 15.1. The summed E-state index contributed by atoms with van der Waals surface area (Å²) < 4.78 is 26.7. The molecule has 10 heteroatoms. The number of ether oxygens (including phenoxy) is 2. The van der Waals surface area contributed by atoms with Crippen molar-refractivity contribution in [3.05, 3.63) is 54.3 Å². The number of para-hydroxylation sites is 2. The molecule has 1 atom stereocenters. The smallest absolute Gasteiger partial charge is 0.234 e. The summed E-state index contributed by atoms with van der Waals surface area (Å²) in [6.45, 7) is 4.26. The van der Waals surface area contributed by atoms with Crippen LogP contribution in [0.5, 0.6) is 0 Å². The Balaban J connectivity index is 1.29. The van der Waals surface area contributed by atoms with Crippen molar-refractivity contribution in [2.24, 2.45) is 0 Å².